The van der Waals surface area contributed by atoms with Gasteiger partial charge in [-0.25, -0.2) is 4.39 Å². The molecule has 0 fully saturated rings. The van der Waals surface area contributed by atoms with Crippen LogP contribution in [0.4, 0.5) is 10.1 Å². The molecule has 0 saturated heterocycles. The Morgan fingerprint density at radius 3 is 2.76 bits per heavy atom. The van der Waals surface area contributed by atoms with Gasteiger partial charge in [0.15, 0.2) is 5.11 Å². The van der Waals surface area contributed by atoms with E-state index in [1.54, 1.807) is 6.07 Å². The number of fused-ring (bicyclic) bond motifs is 1. The summed E-state index contributed by atoms with van der Waals surface area (Å²) in [7, 11) is 0. The average Bonchev–Trinajstić information content (AvgIpc) is 2.99. The van der Waals surface area contributed by atoms with Gasteiger partial charge in [0, 0.05) is 29.3 Å². The van der Waals surface area contributed by atoms with Gasteiger partial charge >= 0.3 is 0 Å². The predicted octanol–water partition coefficient (Wildman–Crippen LogP) is 4.23. The van der Waals surface area contributed by atoms with Gasteiger partial charge < -0.3 is 20.4 Å². The minimum Gasteiger partial charge on any atom is -0.494 e. The monoisotopic (exact) mass is 357 g/mol. The smallest absolute Gasteiger partial charge is 0.170 e. The lowest BCUT2D eigenvalue weighted by Crippen LogP contribution is -2.30. The lowest BCUT2D eigenvalue weighted by atomic mass is 10.1. The van der Waals surface area contributed by atoms with Gasteiger partial charge in [-0.15, -0.1) is 0 Å². The summed E-state index contributed by atoms with van der Waals surface area (Å²) in [4.78, 5) is 3.09. The van der Waals surface area contributed by atoms with Gasteiger partial charge in [0.2, 0.25) is 0 Å². The van der Waals surface area contributed by atoms with Crippen molar-refractivity contribution < 1.29 is 9.13 Å². The van der Waals surface area contributed by atoms with Crippen LogP contribution in [0.2, 0.25) is 0 Å². The van der Waals surface area contributed by atoms with Gasteiger partial charge in [-0.05, 0) is 73.6 Å². The van der Waals surface area contributed by atoms with Crippen molar-refractivity contribution in [1.82, 2.24) is 10.3 Å². The van der Waals surface area contributed by atoms with E-state index in [-0.39, 0.29) is 5.82 Å². The molecule has 3 N–H and O–H groups in total. The number of anilines is 1. The second-order valence-electron chi connectivity index (χ2n) is 5.59. The maximum absolute atomic E-state index is 13.2. The third-order valence-electron chi connectivity index (χ3n) is 3.83. The Bertz CT molecular complexity index is 861. The number of halogens is 1. The number of ether oxygens (including phenoxy) is 1. The van der Waals surface area contributed by atoms with Crippen LogP contribution < -0.4 is 15.4 Å². The maximum Gasteiger partial charge on any atom is 0.170 e. The SMILES string of the molecule is CCOc1ccc(NC(=S)NCCc2c[nH]c3cc(F)ccc23)cc1. The van der Waals surface area contributed by atoms with Crippen molar-refractivity contribution in [1.29, 1.82) is 0 Å². The normalized spacial score (nSPS) is 10.6. The molecule has 0 aliphatic heterocycles. The first-order valence-corrected chi connectivity index (χ1v) is 8.60. The number of benzene rings is 2. The summed E-state index contributed by atoms with van der Waals surface area (Å²) in [6.45, 7) is 3.29. The van der Waals surface area contributed by atoms with Crippen LogP contribution in [0.1, 0.15) is 12.5 Å². The minimum absolute atomic E-state index is 0.236. The Hall–Kier alpha value is -2.60. The molecule has 0 bridgehead atoms. The summed E-state index contributed by atoms with van der Waals surface area (Å²) < 4.78 is 18.6. The molecule has 0 unspecified atom stereocenters. The molecule has 1 heterocycles. The Morgan fingerprint density at radius 2 is 2.00 bits per heavy atom. The Morgan fingerprint density at radius 1 is 1.20 bits per heavy atom. The third kappa shape index (κ3) is 4.48. The quantitative estimate of drug-likeness (QED) is 0.578. The fraction of sp³-hybridized carbons (Fsp3) is 0.211. The first kappa shape index (κ1) is 17.2. The topological polar surface area (TPSA) is 49.1 Å². The molecule has 0 saturated carbocycles. The van der Waals surface area contributed by atoms with E-state index in [1.165, 1.54) is 12.1 Å². The van der Waals surface area contributed by atoms with E-state index in [4.69, 9.17) is 17.0 Å². The molecule has 3 aromatic rings. The maximum atomic E-state index is 13.2. The molecule has 0 spiro atoms. The van der Waals surface area contributed by atoms with Crippen LogP contribution in [-0.2, 0) is 6.42 Å². The van der Waals surface area contributed by atoms with E-state index in [2.05, 4.69) is 15.6 Å². The summed E-state index contributed by atoms with van der Waals surface area (Å²) in [5.41, 5.74) is 2.85. The van der Waals surface area contributed by atoms with E-state index in [1.807, 2.05) is 37.4 Å². The van der Waals surface area contributed by atoms with Gasteiger partial charge in [0.1, 0.15) is 11.6 Å². The van der Waals surface area contributed by atoms with E-state index >= 15 is 0 Å². The highest BCUT2D eigenvalue weighted by atomic mass is 32.1. The Kier molecular flexibility index (Phi) is 5.50. The Labute approximate surface area is 151 Å². The number of H-pyrrole nitrogens is 1. The lowest BCUT2D eigenvalue weighted by Gasteiger charge is -2.11. The zero-order chi connectivity index (χ0) is 17.6. The van der Waals surface area contributed by atoms with Crippen LogP contribution in [0, 0.1) is 5.82 Å². The molecular formula is C19H20FN3OS. The molecule has 1 aromatic heterocycles. The van der Waals surface area contributed by atoms with Crippen molar-refractivity contribution in [3.8, 4) is 5.75 Å². The highest BCUT2D eigenvalue weighted by Crippen LogP contribution is 2.19. The minimum atomic E-state index is -0.236. The van der Waals surface area contributed by atoms with Crippen LogP contribution in [0.15, 0.2) is 48.7 Å². The van der Waals surface area contributed by atoms with Crippen LogP contribution in [0.3, 0.4) is 0 Å². The number of aromatic nitrogens is 1. The largest absolute Gasteiger partial charge is 0.494 e. The number of rotatable bonds is 6. The van der Waals surface area contributed by atoms with Crippen LogP contribution in [0.5, 0.6) is 5.75 Å². The summed E-state index contributed by atoms with van der Waals surface area (Å²) >= 11 is 5.32. The highest BCUT2D eigenvalue weighted by molar-refractivity contribution is 7.80. The molecule has 0 aliphatic rings. The fourth-order valence-corrected chi connectivity index (χ4v) is 2.87. The summed E-state index contributed by atoms with van der Waals surface area (Å²) in [6.07, 6.45) is 2.70. The highest BCUT2D eigenvalue weighted by Gasteiger charge is 2.05. The van der Waals surface area contributed by atoms with Gasteiger partial charge in [-0.1, -0.05) is 0 Å². The summed E-state index contributed by atoms with van der Waals surface area (Å²) in [6, 6.07) is 12.4. The molecule has 6 heteroatoms. The average molecular weight is 357 g/mol. The molecule has 3 rings (SSSR count). The van der Waals surface area contributed by atoms with Gasteiger partial charge in [-0.3, -0.25) is 0 Å². The molecule has 4 nitrogen and oxygen atoms in total. The van der Waals surface area contributed by atoms with Crippen molar-refractivity contribution in [3.63, 3.8) is 0 Å². The van der Waals surface area contributed by atoms with Crippen LogP contribution in [0.25, 0.3) is 10.9 Å². The Balaban J connectivity index is 1.50. The van der Waals surface area contributed by atoms with E-state index in [0.717, 1.165) is 34.3 Å². The third-order valence-corrected chi connectivity index (χ3v) is 4.08. The summed E-state index contributed by atoms with van der Waals surface area (Å²) in [5.74, 6) is 0.599. The number of thiocarbonyl (C=S) groups is 1. The van der Waals surface area contributed by atoms with Crippen molar-refractivity contribution in [2.24, 2.45) is 0 Å². The standard InChI is InChI=1S/C19H20FN3OS/c1-2-24-16-6-4-15(5-7-16)23-19(25)21-10-9-13-12-22-18-11-14(20)3-8-17(13)18/h3-8,11-12,22H,2,9-10H2,1H3,(H2,21,23,25). The van der Waals surface area contributed by atoms with E-state index in [9.17, 15) is 4.39 Å². The lowest BCUT2D eigenvalue weighted by molar-refractivity contribution is 0.340. The van der Waals surface area contributed by atoms with Crippen LogP contribution >= 0.6 is 12.2 Å². The number of nitrogens with one attached hydrogen (secondary N) is 3. The first-order chi connectivity index (χ1) is 12.2. The molecule has 25 heavy (non-hydrogen) atoms. The molecule has 0 radical (unpaired) electrons. The molecule has 130 valence electrons. The zero-order valence-corrected chi connectivity index (χ0v) is 14.8. The number of hydrogen-bond acceptors (Lipinski definition) is 2. The van der Waals surface area contributed by atoms with Crippen molar-refractivity contribution in [2.45, 2.75) is 13.3 Å². The molecule has 0 atom stereocenters. The number of hydrogen-bond donors (Lipinski definition) is 3. The molecular weight excluding hydrogens is 337 g/mol. The van der Waals surface area contributed by atoms with E-state index in [0.29, 0.717) is 18.3 Å². The molecule has 0 amide bonds. The first-order valence-electron chi connectivity index (χ1n) is 8.19. The van der Waals surface area contributed by atoms with Crippen LogP contribution in [-0.4, -0.2) is 23.2 Å². The van der Waals surface area contributed by atoms with Crippen molar-refractivity contribution >= 4 is 33.9 Å². The predicted molar refractivity (Wildman–Crippen MR) is 104 cm³/mol. The van der Waals surface area contributed by atoms with Crippen molar-refractivity contribution in [2.75, 3.05) is 18.5 Å². The van der Waals surface area contributed by atoms with Crippen molar-refractivity contribution in [3.05, 3.63) is 60.0 Å². The second-order valence-corrected chi connectivity index (χ2v) is 6.00. The van der Waals surface area contributed by atoms with Gasteiger partial charge in [-0.2, -0.15) is 0 Å². The zero-order valence-electron chi connectivity index (χ0n) is 13.9. The van der Waals surface area contributed by atoms with Gasteiger partial charge in [0.25, 0.3) is 0 Å². The fourth-order valence-electron chi connectivity index (χ4n) is 2.65. The summed E-state index contributed by atoms with van der Waals surface area (Å²) in [5, 5.41) is 7.93. The second kappa shape index (κ2) is 7.98. The number of aromatic amines is 1. The molecule has 0 aliphatic carbocycles. The van der Waals surface area contributed by atoms with E-state index < -0.39 is 0 Å². The van der Waals surface area contributed by atoms with Gasteiger partial charge in [0.05, 0.1) is 6.61 Å². The molecule has 2 aromatic carbocycles.